The molecule has 3 amide bonds. The predicted octanol–water partition coefficient (Wildman–Crippen LogP) is 3.99. The molecule has 2 saturated heterocycles. The van der Waals surface area contributed by atoms with E-state index in [1.165, 1.54) is 4.90 Å². The van der Waals surface area contributed by atoms with E-state index in [2.05, 4.69) is 15.6 Å². The Balaban J connectivity index is 1.34. The number of amides is 3. The Hall–Kier alpha value is -4.14. The average molecular weight is 541 g/mol. The van der Waals surface area contributed by atoms with E-state index in [9.17, 15) is 14.4 Å². The number of carbonyl (C=O) groups is 3. The molecule has 2 fully saturated rings. The topological polar surface area (TPSA) is 104 Å². The number of hydrogen-bond acceptors (Lipinski definition) is 5. The Bertz CT molecular complexity index is 1680. The summed E-state index contributed by atoms with van der Waals surface area (Å²) < 4.78 is 5.48. The molecule has 2 unspecified atom stereocenters. The molecule has 3 aliphatic rings. The third-order valence-electron chi connectivity index (χ3n) is 8.40. The Morgan fingerprint density at radius 3 is 2.62 bits per heavy atom. The van der Waals surface area contributed by atoms with Crippen molar-refractivity contribution in [1.29, 1.82) is 0 Å². The van der Waals surface area contributed by atoms with Crippen LogP contribution < -0.4 is 15.4 Å². The second-order valence-electron chi connectivity index (χ2n) is 10.3. The number of aromatic amines is 1. The molecule has 0 saturated carbocycles. The number of benzene rings is 3. The lowest BCUT2D eigenvalue weighted by atomic mass is 9.76. The molecule has 4 atom stereocenters. The van der Waals surface area contributed by atoms with Gasteiger partial charge in [0.05, 0.1) is 25.5 Å². The van der Waals surface area contributed by atoms with E-state index >= 15 is 0 Å². The van der Waals surface area contributed by atoms with E-state index in [1.54, 1.807) is 31.4 Å². The van der Waals surface area contributed by atoms with Gasteiger partial charge in [-0.3, -0.25) is 24.6 Å². The number of carbonyl (C=O) groups excluding carboxylic acids is 3. The first-order valence-corrected chi connectivity index (χ1v) is 13.2. The Labute approximate surface area is 229 Å². The molecule has 1 spiro atoms. The minimum absolute atomic E-state index is 0.0641. The lowest BCUT2D eigenvalue weighted by Crippen LogP contribution is -2.53. The summed E-state index contributed by atoms with van der Waals surface area (Å²) in [5, 5.41) is 7.91. The Morgan fingerprint density at radius 2 is 1.77 bits per heavy atom. The van der Waals surface area contributed by atoms with Crippen molar-refractivity contribution in [1.82, 2.24) is 15.2 Å². The number of nitrogens with one attached hydrogen (secondary N) is 3. The summed E-state index contributed by atoms with van der Waals surface area (Å²) in [6, 6.07) is 19.9. The van der Waals surface area contributed by atoms with E-state index in [0.29, 0.717) is 28.4 Å². The third kappa shape index (κ3) is 3.38. The highest BCUT2D eigenvalue weighted by Crippen LogP contribution is 2.54. The maximum Gasteiger partial charge on any atom is 0.250 e. The first-order chi connectivity index (χ1) is 18.9. The second kappa shape index (κ2) is 8.69. The third-order valence-corrected chi connectivity index (χ3v) is 8.64. The van der Waals surface area contributed by atoms with Crippen LogP contribution in [0.2, 0.25) is 5.02 Å². The molecule has 4 aromatic rings. The number of ether oxygens (including phenoxy) is 1. The number of imide groups is 1. The molecule has 0 aliphatic carbocycles. The summed E-state index contributed by atoms with van der Waals surface area (Å²) in [6.07, 6.45) is 2.39. The minimum atomic E-state index is -1.41. The van der Waals surface area contributed by atoms with Gasteiger partial charge in [0.2, 0.25) is 17.7 Å². The average Bonchev–Trinajstić information content (AvgIpc) is 3.65. The van der Waals surface area contributed by atoms with Gasteiger partial charge >= 0.3 is 0 Å². The zero-order valence-electron chi connectivity index (χ0n) is 21.0. The first-order valence-electron chi connectivity index (χ1n) is 12.8. The SMILES string of the molecule is COc1ccccc1CN1C(=O)[C@@H]2C(Cc3c[nH]c4ccccc34)NC3(C(=O)Nc4ccc(Cl)cc43)[C@@H]2C1=O. The van der Waals surface area contributed by atoms with Crippen LogP contribution in [0.15, 0.2) is 72.9 Å². The number of para-hydroxylation sites is 2. The molecule has 1 aromatic heterocycles. The number of aromatic nitrogens is 1. The zero-order chi connectivity index (χ0) is 26.9. The molecule has 0 radical (unpaired) electrons. The predicted molar refractivity (Wildman–Crippen MR) is 146 cm³/mol. The molecule has 39 heavy (non-hydrogen) atoms. The number of hydrogen-bond donors (Lipinski definition) is 3. The van der Waals surface area contributed by atoms with Gasteiger partial charge < -0.3 is 15.0 Å². The standard InChI is InChI=1S/C30H25ClN4O4/c1-39-24-9-5-2-6-16(24)15-35-27(36)25-23(12-17-14-32-21-8-4-3-7-19(17)21)34-30(26(25)28(35)37)20-13-18(31)10-11-22(20)33-29(30)38/h2-11,13-14,23,25-26,32,34H,12,15H2,1H3,(H,33,38)/t23?,25-,26+,30?/m1/s1. The Kier molecular flexibility index (Phi) is 5.33. The molecule has 196 valence electrons. The molecule has 4 heterocycles. The van der Waals surface area contributed by atoms with E-state index in [1.807, 2.05) is 48.7 Å². The summed E-state index contributed by atoms with van der Waals surface area (Å²) >= 11 is 6.38. The minimum Gasteiger partial charge on any atom is -0.496 e. The molecular formula is C30H25ClN4O4. The van der Waals surface area contributed by atoms with Crippen molar-refractivity contribution in [2.24, 2.45) is 11.8 Å². The van der Waals surface area contributed by atoms with Gasteiger partial charge in [-0.2, -0.15) is 0 Å². The summed E-state index contributed by atoms with van der Waals surface area (Å²) in [5.74, 6) is -2.10. The Morgan fingerprint density at radius 1 is 0.974 bits per heavy atom. The lowest BCUT2D eigenvalue weighted by molar-refractivity contribution is -0.143. The zero-order valence-corrected chi connectivity index (χ0v) is 21.8. The molecule has 8 nitrogen and oxygen atoms in total. The van der Waals surface area contributed by atoms with Crippen molar-refractivity contribution in [2.75, 3.05) is 12.4 Å². The molecular weight excluding hydrogens is 516 g/mol. The summed E-state index contributed by atoms with van der Waals surface area (Å²) in [4.78, 5) is 46.6. The molecule has 3 aliphatic heterocycles. The number of fused-ring (bicyclic) bond motifs is 5. The summed E-state index contributed by atoms with van der Waals surface area (Å²) in [5.41, 5.74) is 2.48. The largest absolute Gasteiger partial charge is 0.496 e. The monoisotopic (exact) mass is 540 g/mol. The number of anilines is 1. The quantitative estimate of drug-likeness (QED) is 0.332. The number of halogens is 1. The maximum absolute atomic E-state index is 14.2. The van der Waals surface area contributed by atoms with E-state index in [0.717, 1.165) is 22.0 Å². The van der Waals surface area contributed by atoms with Gasteiger partial charge in [0.1, 0.15) is 11.3 Å². The fraction of sp³-hybridized carbons (Fsp3) is 0.233. The highest BCUT2D eigenvalue weighted by molar-refractivity contribution is 6.31. The summed E-state index contributed by atoms with van der Waals surface area (Å²) in [6.45, 7) is 0.0641. The van der Waals surface area contributed by atoms with Crippen molar-refractivity contribution in [3.05, 3.63) is 94.6 Å². The van der Waals surface area contributed by atoms with Gasteiger partial charge in [-0.1, -0.05) is 48.0 Å². The molecule has 7 rings (SSSR count). The summed E-state index contributed by atoms with van der Waals surface area (Å²) in [7, 11) is 1.56. The second-order valence-corrected chi connectivity index (χ2v) is 10.8. The van der Waals surface area contributed by atoms with Gasteiger partial charge in [-0.15, -0.1) is 0 Å². The van der Waals surface area contributed by atoms with E-state index in [4.69, 9.17) is 16.3 Å². The first kappa shape index (κ1) is 23.9. The van der Waals surface area contributed by atoms with Crippen LogP contribution in [0, 0.1) is 11.8 Å². The lowest BCUT2D eigenvalue weighted by Gasteiger charge is -2.29. The van der Waals surface area contributed by atoms with Gasteiger partial charge in [-0.05, 0) is 42.3 Å². The molecule has 9 heteroatoms. The van der Waals surface area contributed by atoms with Gasteiger partial charge in [-0.25, -0.2) is 0 Å². The number of H-pyrrole nitrogens is 1. The van der Waals surface area contributed by atoms with Crippen molar-refractivity contribution >= 4 is 45.9 Å². The van der Waals surface area contributed by atoms with Crippen LogP contribution in [-0.4, -0.2) is 40.8 Å². The van der Waals surface area contributed by atoms with Crippen molar-refractivity contribution < 1.29 is 19.1 Å². The van der Waals surface area contributed by atoms with Crippen molar-refractivity contribution in [2.45, 2.75) is 24.5 Å². The van der Waals surface area contributed by atoms with Crippen molar-refractivity contribution in [3.63, 3.8) is 0 Å². The van der Waals surface area contributed by atoms with Gasteiger partial charge in [0, 0.05) is 45.0 Å². The van der Waals surface area contributed by atoms with Crippen molar-refractivity contribution in [3.8, 4) is 5.75 Å². The number of methoxy groups -OCH3 is 1. The van der Waals surface area contributed by atoms with Crippen LogP contribution in [0.5, 0.6) is 5.75 Å². The molecule has 0 bridgehead atoms. The highest BCUT2D eigenvalue weighted by atomic mass is 35.5. The van der Waals surface area contributed by atoms with Crippen LogP contribution in [0.25, 0.3) is 10.9 Å². The van der Waals surface area contributed by atoms with Crippen LogP contribution in [0.1, 0.15) is 16.7 Å². The van der Waals surface area contributed by atoms with E-state index in [-0.39, 0.29) is 24.3 Å². The number of nitrogens with zero attached hydrogens (tertiary/aromatic N) is 1. The number of rotatable bonds is 5. The molecule has 3 aromatic carbocycles. The van der Waals surface area contributed by atoms with Crippen LogP contribution in [0.4, 0.5) is 5.69 Å². The number of likely N-dealkylation sites (tertiary alicyclic amines) is 1. The maximum atomic E-state index is 14.2. The van der Waals surface area contributed by atoms with Gasteiger partial charge in [0.25, 0.3) is 0 Å². The fourth-order valence-corrected chi connectivity index (χ4v) is 6.88. The normalized spacial score (nSPS) is 25.4. The van der Waals surface area contributed by atoms with Crippen LogP contribution in [-0.2, 0) is 32.9 Å². The molecule has 3 N–H and O–H groups in total. The highest BCUT2D eigenvalue weighted by Gasteiger charge is 2.70. The van der Waals surface area contributed by atoms with Crippen LogP contribution in [0.3, 0.4) is 0 Å². The van der Waals surface area contributed by atoms with Crippen LogP contribution >= 0.6 is 11.6 Å². The van der Waals surface area contributed by atoms with Gasteiger partial charge in [0.15, 0.2) is 0 Å². The fourth-order valence-electron chi connectivity index (χ4n) is 6.71. The smallest absolute Gasteiger partial charge is 0.250 e. The van der Waals surface area contributed by atoms with E-state index < -0.39 is 23.4 Å².